The molecule has 4 unspecified atom stereocenters. The quantitative estimate of drug-likeness (QED) is 0.0197. The highest BCUT2D eigenvalue weighted by atomic mass is 35.5. The molecule has 0 aliphatic carbocycles. The van der Waals surface area contributed by atoms with Crippen LogP contribution in [0.3, 0.4) is 0 Å². The fourth-order valence-corrected chi connectivity index (χ4v) is 18.6. The van der Waals surface area contributed by atoms with Gasteiger partial charge >= 0.3 is 99.9 Å². The molecular weight excluding hydrogens is 1940 g/mol. The van der Waals surface area contributed by atoms with Crippen LogP contribution in [-0.2, 0) is 83.2 Å². The third kappa shape index (κ3) is 25.1. The highest BCUT2D eigenvalue weighted by Crippen LogP contribution is 2.43. The summed E-state index contributed by atoms with van der Waals surface area (Å²) >= 11 is 6.30. The van der Waals surface area contributed by atoms with Gasteiger partial charge in [-0.3, -0.25) is 91.9 Å². The number of H-pyrrole nitrogens is 1. The smallest absolute Gasteiger partial charge is 0.526 e. The molecule has 0 spiro atoms. The van der Waals surface area contributed by atoms with Gasteiger partial charge in [-0.15, -0.1) is 0 Å². The Balaban J connectivity index is 0.000000164. The van der Waals surface area contributed by atoms with Crippen molar-refractivity contribution in [3.8, 4) is 40.2 Å². The molecule has 2 aromatic heterocycles. The molecule has 16 rings (SSSR count). The van der Waals surface area contributed by atoms with Crippen molar-refractivity contribution in [2.24, 2.45) is 0 Å². The number of piperazine rings is 4. The maximum atomic E-state index is 14.8. The van der Waals surface area contributed by atoms with Crippen molar-refractivity contribution in [3.05, 3.63) is 234 Å². The van der Waals surface area contributed by atoms with Crippen LogP contribution < -0.4 is 45.4 Å². The van der Waals surface area contributed by atoms with Crippen molar-refractivity contribution in [2.45, 2.75) is 154 Å². The number of nitrogens with one attached hydrogen (secondary N) is 5. The summed E-state index contributed by atoms with van der Waals surface area (Å²) in [4.78, 5) is 230. The lowest BCUT2D eigenvalue weighted by Crippen LogP contribution is -2.58. The van der Waals surface area contributed by atoms with Gasteiger partial charge in [0.1, 0.15) is 70.2 Å². The lowest BCUT2D eigenvalue weighted by Gasteiger charge is -2.33. The van der Waals surface area contributed by atoms with E-state index in [2.05, 4.69) is 26.3 Å². The highest BCUT2D eigenvalue weighted by molar-refractivity contribution is 6.49. The van der Waals surface area contributed by atoms with Gasteiger partial charge in [0.25, 0.3) is 0 Å². The Morgan fingerprint density at radius 2 is 0.667 bits per heavy atom. The number of urea groups is 4. The van der Waals surface area contributed by atoms with E-state index in [-0.39, 0.29) is 129 Å². The molecule has 8 aromatic rings. The van der Waals surface area contributed by atoms with E-state index in [1.807, 2.05) is 105 Å². The lowest BCUT2D eigenvalue weighted by molar-refractivity contribution is -0.153. The number of halogens is 3. The van der Waals surface area contributed by atoms with E-state index in [0.717, 1.165) is 90.8 Å². The van der Waals surface area contributed by atoms with Crippen molar-refractivity contribution in [3.63, 3.8) is 0 Å². The highest BCUT2D eigenvalue weighted by Gasteiger charge is 2.48. The number of rotatable bonds is 24. The summed E-state index contributed by atoms with van der Waals surface area (Å²) in [5.74, 6) is -12.7. The monoisotopic (exact) mass is 2040 g/mol. The maximum Gasteiger partial charge on any atom is 0.526 e. The van der Waals surface area contributed by atoms with Crippen molar-refractivity contribution < 1.29 is 140 Å². The number of carbonyl (C=O) groups is 16. The van der Waals surface area contributed by atoms with Gasteiger partial charge in [-0.05, 0) is 168 Å². The first-order chi connectivity index (χ1) is 70.0. The maximum absolute atomic E-state index is 14.8. The topological polar surface area (TPSA) is 571 Å². The Hall–Kier alpha value is -15.4. The SMILES string of the molecule is CCN1CCN(C(=O)NC(C(=O)C[C@H]2Cc3cccc(C)c3OB2O)c2ccc(=O)[nH]c2F)C(=O)C1=O.CCN1CCN(C(=O)NC(C(=O)C[C@H]2Cc3cccc(C)c3OB2O)c2ccc(O)cc2Cl)C(=O)C1=O.CCN1CCN(C(=O)NC(C(=O)C[C@H]2Cc3cccc(C)c3OB2O)c2ccc(O)cc2F)C(=O)C1=O.CCN1CCN(C(=O)NC(C(=O)C[C@H]2Cc3cccc(C)c3OB2O)c2ccc(O)cn2)C(=O)C1=O. The van der Waals surface area contributed by atoms with Crippen molar-refractivity contribution in [1.29, 1.82) is 0 Å². The fourth-order valence-electron chi connectivity index (χ4n) is 18.3. The largest absolute Gasteiger partial charge is 0.536 e. The molecule has 4 fully saturated rings. The number of aromatic nitrogens is 2. The van der Waals surface area contributed by atoms with E-state index in [9.17, 15) is 126 Å². The van der Waals surface area contributed by atoms with Crippen LogP contribution in [0.15, 0.2) is 144 Å². The van der Waals surface area contributed by atoms with E-state index in [1.54, 1.807) is 27.7 Å². The number of fused-ring (bicyclic) bond motifs is 4. The van der Waals surface area contributed by atoms with Crippen molar-refractivity contribution >= 4 is 135 Å². The molecule has 0 saturated carbocycles. The number of nitrogens with zero attached hydrogens (tertiary/aromatic N) is 9. The number of imide groups is 4. The fraction of sp³-hybridized carbons (Fsp3) is 0.367. The Kier molecular flexibility index (Phi) is 35.3. The summed E-state index contributed by atoms with van der Waals surface area (Å²) < 4.78 is 52.1. The third-order valence-electron chi connectivity index (χ3n) is 26.5. The van der Waals surface area contributed by atoms with Gasteiger partial charge in [0.15, 0.2) is 29.1 Å². The zero-order chi connectivity index (χ0) is 107. The first-order valence-electron chi connectivity index (χ1n) is 47.5. The van der Waals surface area contributed by atoms with Crippen LogP contribution in [0.2, 0.25) is 28.3 Å². The molecule has 0 bridgehead atoms. The van der Waals surface area contributed by atoms with E-state index in [0.29, 0.717) is 78.1 Å². The van der Waals surface area contributed by atoms with Crippen LogP contribution in [0.5, 0.6) is 40.2 Å². The molecule has 8 aliphatic rings. The van der Waals surface area contributed by atoms with Crippen molar-refractivity contribution in [2.75, 3.05) is 78.5 Å². The number of ketones is 4. The summed E-state index contributed by atoms with van der Waals surface area (Å²) in [5, 5.41) is 81.1. The number of benzene rings is 6. The number of para-hydroxylation sites is 4. The summed E-state index contributed by atoms with van der Waals surface area (Å²) in [5.41, 5.74) is 5.73. The van der Waals surface area contributed by atoms with Crippen LogP contribution in [0.1, 0.15) is 144 Å². The molecule has 8 atom stereocenters. The number of likely N-dealkylation sites (N-methyl/N-ethyl adjacent to an activating group) is 4. The van der Waals surface area contributed by atoms with Gasteiger partial charge in [0, 0.05) is 161 Å². The van der Waals surface area contributed by atoms with Crippen LogP contribution in [0.4, 0.5) is 28.0 Å². The summed E-state index contributed by atoms with van der Waals surface area (Å²) in [6.07, 6.45) is 1.59. The molecule has 16 amide bonds. The van der Waals surface area contributed by atoms with Crippen LogP contribution in [0.25, 0.3) is 0 Å². The predicted octanol–water partition coefficient (Wildman–Crippen LogP) is 5.66. The number of hydrogen-bond donors (Lipinski definition) is 12. The molecule has 147 heavy (non-hydrogen) atoms. The Morgan fingerprint density at radius 1 is 0.381 bits per heavy atom. The molecule has 770 valence electrons. The first-order valence-corrected chi connectivity index (χ1v) is 47.9. The molecule has 42 nitrogen and oxygen atoms in total. The Morgan fingerprint density at radius 3 is 0.966 bits per heavy atom. The molecule has 12 N–H and O–H groups in total. The number of phenols is 2. The van der Waals surface area contributed by atoms with E-state index < -0.39 is 188 Å². The summed E-state index contributed by atoms with van der Waals surface area (Å²) in [6, 6.07) is 24.3. The second kappa shape index (κ2) is 47.6. The van der Waals surface area contributed by atoms with Gasteiger partial charge in [-0.25, -0.2) is 23.6 Å². The molecule has 6 aromatic carbocycles. The van der Waals surface area contributed by atoms with Crippen LogP contribution in [-0.4, -0.2) is 286 Å². The number of carbonyl (C=O) groups excluding carboxylic acids is 16. The average molecular weight is 2050 g/mol. The number of pyridine rings is 2. The third-order valence-corrected chi connectivity index (χ3v) is 26.8. The minimum absolute atomic E-state index is 0.0144. The zero-order valence-corrected chi connectivity index (χ0v) is 82.0. The number of hydrogen-bond acceptors (Lipinski definition) is 29. The minimum Gasteiger partial charge on any atom is -0.536 e. The minimum atomic E-state index is -1.61. The van der Waals surface area contributed by atoms with Crippen molar-refractivity contribution in [1.82, 2.24) is 70.4 Å². The number of aryl methyl sites for hydroxylation is 4. The van der Waals surface area contributed by atoms with Crippen LogP contribution >= 0.6 is 11.6 Å². The molecule has 0 radical (unpaired) electrons. The average Bonchev–Trinajstić information content (AvgIpc) is 0.795. The lowest BCUT2D eigenvalue weighted by atomic mass is 9.64. The molecule has 8 aliphatic heterocycles. The predicted molar refractivity (Wildman–Crippen MR) is 522 cm³/mol. The first kappa shape index (κ1) is 109. The molecule has 10 heterocycles. The van der Waals surface area contributed by atoms with E-state index in [4.69, 9.17) is 30.2 Å². The van der Waals surface area contributed by atoms with E-state index in [1.165, 1.54) is 49.9 Å². The number of phenolic OH excluding ortho intramolecular Hbond substituents is 2. The molecule has 49 heteroatoms. The second-order valence-electron chi connectivity index (χ2n) is 36.2. The Labute approximate surface area is 846 Å². The molecular formula is C98H107B4ClF2N14O28. The zero-order valence-electron chi connectivity index (χ0n) is 81.2. The summed E-state index contributed by atoms with van der Waals surface area (Å²) in [6.45, 7) is 15.9. The summed E-state index contributed by atoms with van der Waals surface area (Å²) in [7, 11) is -5.10. The van der Waals surface area contributed by atoms with Gasteiger partial charge < -0.3 is 94.9 Å². The van der Waals surface area contributed by atoms with Gasteiger partial charge in [0.2, 0.25) is 5.56 Å². The number of aromatic hydroxyl groups is 3. The van der Waals surface area contributed by atoms with E-state index >= 15 is 0 Å². The molecule has 4 saturated heterocycles. The van der Waals surface area contributed by atoms with Gasteiger partial charge in [-0.2, -0.15) is 4.39 Å². The number of amides is 16. The Bertz CT molecular complexity index is 6360. The normalized spacial score (nSPS) is 18.3. The van der Waals surface area contributed by atoms with Crippen LogP contribution in [0, 0.1) is 39.5 Å². The van der Waals surface area contributed by atoms with Gasteiger partial charge in [0.05, 0.1) is 11.9 Å². The standard InChI is InChI=1S/C25H27BClN3O7.C25H27BFN3O7.C24H26BFN4O7.C24H27BN4O7/c2*1-3-29-9-10-30(24(34)23(29)33)25(35)28-21(18-8-7-17(31)13-19(18)27)20(32)12-16-11-15-6-4-5-14(2)22(15)37-26(16)36;1-3-29-9-10-30(23(34)22(29)33)24(35)28-19(16-7-8-18(32)27-21(16)26)17(31)12-15-11-14-6-4-5-13(2)20(14)37-25(15)36;1-3-28-9-10-29(23(33)22(28)32)24(34)27-20(18-8-7-17(30)13-26-18)19(31)12-16-11-15-6-4-5-14(2)21(15)36-25(16)35/h2*4-8,13,16,21,31,36H,3,9-12H2,1-2H3,(H,28,35);4-8,15,19,36H,3,9-12H2,1-2H3,(H,27,32)(H,28,35);4-8,13,16,20,30,35H,3,9-12H2,1-2H3,(H,27,34)/t2*16-,21?;15-,19?;16-,20?/m1111/s1. The number of aromatic amines is 1. The second-order valence-corrected chi connectivity index (χ2v) is 36.6. The van der Waals surface area contributed by atoms with Gasteiger partial charge in [-0.1, -0.05) is 90.5 Å². The number of Topliss-reactive ketones (excluding diaryl/α,β-unsaturated/α-hetero) is 4.